The number of rotatable bonds is 3. The van der Waals surface area contributed by atoms with Crippen molar-refractivity contribution in [1.82, 2.24) is 4.72 Å². The number of hydrogen-bond acceptors (Lipinski definition) is 2. The van der Waals surface area contributed by atoms with Gasteiger partial charge in [-0.15, -0.1) is 0 Å². The van der Waals surface area contributed by atoms with Gasteiger partial charge < -0.3 is 0 Å². The zero-order chi connectivity index (χ0) is 14.1. The summed E-state index contributed by atoms with van der Waals surface area (Å²) >= 11 is 0. The van der Waals surface area contributed by atoms with Gasteiger partial charge in [0, 0.05) is 6.04 Å². The number of nitrogens with one attached hydrogen (secondary N) is 1. The maximum Gasteiger partial charge on any atom is 0.416 e. The van der Waals surface area contributed by atoms with E-state index in [0.29, 0.717) is 0 Å². The van der Waals surface area contributed by atoms with E-state index in [4.69, 9.17) is 0 Å². The predicted octanol–water partition coefficient (Wildman–Crippen LogP) is 2.93. The molecule has 0 heterocycles. The fraction of sp³-hybridized carbons (Fsp3) is 0.500. The Labute approximate surface area is 109 Å². The van der Waals surface area contributed by atoms with E-state index < -0.39 is 21.8 Å². The molecule has 1 N–H and O–H groups in total. The number of hydrogen-bond donors (Lipinski definition) is 1. The van der Waals surface area contributed by atoms with Crippen LogP contribution in [-0.4, -0.2) is 14.5 Å². The van der Waals surface area contributed by atoms with Gasteiger partial charge in [0.15, 0.2) is 0 Å². The molecule has 1 fully saturated rings. The Kier molecular flexibility index (Phi) is 3.87. The van der Waals surface area contributed by atoms with E-state index in [1.54, 1.807) is 0 Å². The standard InChI is InChI=1S/C12H14F3NO2S/c13-12(14,15)9-5-7-11(8-6-9)19(17,18)16-10-3-1-2-4-10/h5-8,10,16H,1-4H2. The van der Waals surface area contributed by atoms with E-state index in [0.717, 1.165) is 49.9 Å². The molecule has 1 aliphatic carbocycles. The molecule has 19 heavy (non-hydrogen) atoms. The molecule has 106 valence electrons. The largest absolute Gasteiger partial charge is 0.416 e. The van der Waals surface area contributed by atoms with Gasteiger partial charge in [-0.25, -0.2) is 13.1 Å². The third kappa shape index (κ3) is 3.48. The molecular weight excluding hydrogens is 279 g/mol. The van der Waals surface area contributed by atoms with Crippen molar-refractivity contribution in [2.24, 2.45) is 0 Å². The monoisotopic (exact) mass is 293 g/mol. The predicted molar refractivity (Wildman–Crippen MR) is 64.0 cm³/mol. The van der Waals surface area contributed by atoms with E-state index in [9.17, 15) is 21.6 Å². The van der Waals surface area contributed by atoms with E-state index in [1.807, 2.05) is 0 Å². The maximum atomic E-state index is 12.4. The smallest absolute Gasteiger partial charge is 0.208 e. The summed E-state index contributed by atoms with van der Waals surface area (Å²) in [4.78, 5) is -0.132. The third-order valence-corrected chi connectivity index (χ3v) is 4.71. The first-order valence-corrected chi connectivity index (χ1v) is 7.47. The average Bonchev–Trinajstić information content (AvgIpc) is 2.80. The van der Waals surface area contributed by atoms with Crippen molar-refractivity contribution < 1.29 is 21.6 Å². The van der Waals surface area contributed by atoms with Crippen LogP contribution in [0.4, 0.5) is 13.2 Å². The molecule has 0 aliphatic heterocycles. The molecule has 3 nitrogen and oxygen atoms in total. The molecule has 0 radical (unpaired) electrons. The lowest BCUT2D eigenvalue weighted by Gasteiger charge is -2.13. The summed E-state index contributed by atoms with van der Waals surface area (Å²) in [5.41, 5.74) is -0.854. The van der Waals surface area contributed by atoms with Crippen LogP contribution in [0.25, 0.3) is 0 Å². The van der Waals surface area contributed by atoms with Gasteiger partial charge in [0.1, 0.15) is 0 Å². The Hall–Kier alpha value is -1.08. The Morgan fingerprint density at radius 2 is 1.58 bits per heavy atom. The summed E-state index contributed by atoms with van der Waals surface area (Å²) in [6, 6.07) is 3.43. The number of benzene rings is 1. The number of halogens is 3. The molecule has 0 unspecified atom stereocenters. The van der Waals surface area contributed by atoms with Crippen molar-refractivity contribution in [2.45, 2.75) is 42.8 Å². The van der Waals surface area contributed by atoms with Crippen molar-refractivity contribution in [3.63, 3.8) is 0 Å². The molecular formula is C12H14F3NO2S. The van der Waals surface area contributed by atoms with Gasteiger partial charge in [-0.1, -0.05) is 12.8 Å². The zero-order valence-corrected chi connectivity index (χ0v) is 10.9. The highest BCUT2D eigenvalue weighted by Gasteiger charge is 2.31. The van der Waals surface area contributed by atoms with Crippen LogP contribution in [0.5, 0.6) is 0 Å². The molecule has 1 aromatic carbocycles. The van der Waals surface area contributed by atoms with E-state index in [1.165, 1.54) is 0 Å². The Morgan fingerprint density at radius 1 is 1.05 bits per heavy atom. The molecule has 1 saturated carbocycles. The zero-order valence-electron chi connectivity index (χ0n) is 10.1. The summed E-state index contributed by atoms with van der Waals surface area (Å²) in [6.45, 7) is 0. The van der Waals surface area contributed by atoms with Gasteiger partial charge in [0.05, 0.1) is 10.5 Å². The van der Waals surface area contributed by atoms with Crippen LogP contribution in [0.2, 0.25) is 0 Å². The van der Waals surface area contributed by atoms with Crippen molar-refractivity contribution in [2.75, 3.05) is 0 Å². The molecule has 0 atom stereocenters. The Balaban J connectivity index is 2.16. The molecule has 7 heteroatoms. The van der Waals surface area contributed by atoms with Crippen molar-refractivity contribution in [1.29, 1.82) is 0 Å². The lowest BCUT2D eigenvalue weighted by atomic mass is 10.2. The van der Waals surface area contributed by atoms with Crippen LogP contribution in [0.3, 0.4) is 0 Å². The number of sulfonamides is 1. The fourth-order valence-electron chi connectivity index (χ4n) is 2.15. The first-order valence-electron chi connectivity index (χ1n) is 5.99. The van der Waals surface area contributed by atoms with Crippen LogP contribution in [0.1, 0.15) is 31.2 Å². The highest BCUT2D eigenvalue weighted by molar-refractivity contribution is 7.89. The molecule has 1 aromatic rings. The summed E-state index contributed by atoms with van der Waals surface area (Å²) in [5, 5.41) is 0. The van der Waals surface area contributed by atoms with Gasteiger partial charge in [-0.3, -0.25) is 0 Å². The van der Waals surface area contributed by atoms with Crippen LogP contribution < -0.4 is 4.72 Å². The van der Waals surface area contributed by atoms with Crippen LogP contribution in [0, 0.1) is 0 Å². The second kappa shape index (κ2) is 5.13. The molecule has 0 spiro atoms. The van der Waals surface area contributed by atoms with Gasteiger partial charge in [0.2, 0.25) is 10.0 Å². The summed E-state index contributed by atoms with van der Waals surface area (Å²) < 4.78 is 63.6. The topological polar surface area (TPSA) is 46.2 Å². The second-order valence-corrected chi connectivity index (χ2v) is 6.34. The lowest BCUT2D eigenvalue weighted by Crippen LogP contribution is -2.32. The van der Waals surface area contributed by atoms with E-state index in [2.05, 4.69) is 4.72 Å². The van der Waals surface area contributed by atoms with Gasteiger partial charge in [-0.2, -0.15) is 13.2 Å². The minimum absolute atomic E-state index is 0.104. The quantitative estimate of drug-likeness (QED) is 0.931. The Bertz CT molecular complexity index is 531. The molecule has 0 bridgehead atoms. The van der Waals surface area contributed by atoms with Gasteiger partial charge >= 0.3 is 6.18 Å². The van der Waals surface area contributed by atoms with Crippen LogP contribution in [-0.2, 0) is 16.2 Å². The number of alkyl halides is 3. The fourth-order valence-corrected chi connectivity index (χ4v) is 3.46. The van der Waals surface area contributed by atoms with Crippen LogP contribution >= 0.6 is 0 Å². The first-order chi connectivity index (χ1) is 8.79. The summed E-state index contributed by atoms with van der Waals surface area (Å²) in [5.74, 6) is 0. The Morgan fingerprint density at radius 3 is 2.05 bits per heavy atom. The van der Waals surface area contributed by atoms with Crippen LogP contribution in [0.15, 0.2) is 29.2 Å². The summed E-state index contributed by atoms with van der Waals surface area (Å²) in [7, 11) is -3.72. The third-order valence-electron chi connectivity index (χ3n) is 3.17. The summed E-state index contributed by atoms with van der Waals surface area (Å²) in [6.07, 6.45) is -0.957. The van der Waals surface area contributed by atoms with Gasteiger partial charge in [-0.05, 0) is 37.1 Å². The average molecular weight is 293 g/mol. The highest BCUT2D eigenvalue weighted by atomic mass is 32.2. The van der Waals surface area contributed by atoms with Crippen molar-refractivity contribution in [3.8, 4) is 0 Å². The lowest BCUT2D eigenvalue weighted by molar-refractivity contribution is -0.137. The normalized spacial score (nSPS) is 17.8. The van der Waals surface area contributed by atoms with Crippen molar-refractivity contribution >= 4 is 10.0 Å². The minimum Gasteiger partial charge on any atom is -0.208 e. The molecule has 0 aromatic heterocycles. The molecule has 0 amide bonds. The minimum atomic E-state index is -4.46. The van der Waals surface area contributed by atoms with Crippen molar-refractivity contribution in [3.05, 3.63) is 29.8 Å². The molecule has 0 saturated heterocycles. The molecule has 1 aliphatic rings. The van der Waals surface area contributed by atoms with E-state index in [-0.39, 0.29) is 10.9 Å². The highest BCUT2D eigenvalue weighted by Crippen LogP contribution is 2.30. The first kappa shape index (κ1) is 14.3. The van der Waals surface area contributed by atoms with Gasteiger partial charge in [0.25, 0.3) is 0 Å². The van der Waals surface area contributed by atoms with E-state index >= 15 is 0 Å². The second-order valence-electron chi connectivity index (χ2n) is 4.62. The molecule has 2 rings (SSSR count). The maximum absolute atomic E-state index is 12.4. The SMILES string of the molecule is O=S(=O)(NC1CCCC1)c1ccc(C(F)(F)F)cc1.